The van der Waals surface area contributed by atoms with Gasteiger partial charge in [0, 0.05) is 0 Å². The molecule has 0 aromatic heterocycles. The molecule has 0 spiro atoms. The Hall–Kier alpha value is -2.05. The molecule has 0 bridgehead atoms. The van der Waals surface area contributed by atoms with Gasteiger partial charge in [0.1, 0.15) is 0 Å². The quantitative estimate of drug-likeness (QED) is 0.202. The minimum atomic E-state index is -5.46. The molecule has 6 N–H and O–H groups in total. The monoisotopic (exact) mass is 526 g/mol. The summed E-state index contributed by atoms with van der Waals surface area (Å²) in [5, 5.41) is 19.6. The number of rotatable bonds is 2. The molecule has 0 heterocycles. The van der Waals surface area contributed by atoms with Gasteiger partial charge in [-0.15, -0.1) is 0 Å². The van der Waals surface area contributed by atoms with Crippen LogP contribution in [0.1, 0.15) is 0 Å². The molecule has 0 saturated carbocycles. The first-order valence-corrected chi connectivity index (χ1v) is 5.24. The van der Waals surface area contributed by atoms with Crippen molar-refractivity contribution in [3.63, 3.8) is 0 Å². The number of alkyl halides is 12. The third-order valence-electron chi connectivity index (χ3n) is 1.64. The molecule has 0 atom stereocenters. The fourth-order valence-corrected chi connectivity index (χ4v) is 0.565. The van der Waals surface area contributed by atoms with E-state index < -0.39 is 59.9 Å². The average molecular weight is 527 g/mol. The standard InChI is InChI=1S/2C5H2F6O2.Ni.3H2O/c2*6-4(7,8)2(12)1-3(13)5(9,10)11;;;;/h2*1,12H;;3*1H2/q;;+2;;;/p-2/b2*2-1-;;;;. The summed E-state index contributed by atoms with van der Waals surface area (Å²) in [6, 6.07) is 0. The van der Waals surface area contributed by atoms with Gasteiger partial charge in [0.05, 0.1) is 0 Å². The molecule has 0 aliphatic heterocycles. The van der Waals surface area contributed by atoms with Crippen molar-refractivity contribution >= 4 is 11.6 Å². The van der Waals surface area contributed by atoms with Gasteiger partial charge in [-0.2, -0.15) is 52.7 Å². The predicted molar refractivity (Wildman–Crippen MR) is 61.2 cm³/mol. The van der Waals surface area contributed by atoms with Gasteiger partial charge in [0.2, 0.25) is 0 Å². The van der Waals surface area contributed by atoms with Crippen molar-refractivity contribution in [1.29, 1.82) is 0 Å². The van der Waals surface area contributed by atoms with Gasteiger partial charge in [-0.25, -0.2) is 0 Å². The Bertz CT molecular complexity index is 534. The summed E-state index contributed by atoms with van der Waals surface area (Å²) in [4.78, 5) is 19.6. The van der Waals surface area contributed by atoms with Crippen molar-refractivity contribution in [2.45, 2.75) is 24.7 Å². The topological polar surface area (TPSA) is 175 Å². The Morgan fingerprint density at radius 1 is 0.500 bits per heavy atom. The third kappa shape index (κ3) is 18.0. The van der Waals surface area contributed by atoms with E-state index >= 15 is 0 Å². The third-order valence-corrected chi connectivity index (χ3v) is 1.64. The van der Waals surface area contributed by atoms with E-state index in [2.05, 4.69) is 0 Å². The first-order chi connectivity index (χ1) is 11.1. The Balaban J connectivity index is -0.0000000847. The van der Waals surface area contributed by atoms with E-state index in [1.165, 1.54) is 0 Å². The van der Waals surface area contributed by atoms with Crippen molar-refractivity contribution in [2.24, 2.45) is 0 Å². The Morgan fingerprint density at radius 2 is 0.667 bits per heavy atom. The number of carbonyl (C=O) groups excluding carboxylic acids is 2. The van der Waals surface area contributed by atoms with Crippen LogP contribution in [-0.4, -0.2) is 52.7 Å². The average Bonchev–Trinajstić information content (AvgIpc) is 2.34. The van der Waals surface area contributed by atoms with E-state index in [0.29, 0.717) is 0 Å². The number of carbonyl (C=O) groups is 2. The predicted octanol–water partition coefficient (Wildman–Crippen LogP) is -0.628. The first-order valence-electron chi connectivity index (χ1n) is 5.24. The number of hydrogen-bond acceptors (Lipinski definition) is 4. The number of hydrogen-bond donors (Lipinski definition) is 0. The summed E-state index contributed by atoms with van der Waals surface area (Å²) in [7, 11) is 0. The van der Waals surface area contributed by atoms with Crippen LogP contribution < -0.4 is 10.2 Å². The number of ketones is 2. The maximum Gasteiger partial charge on any atom is 2.00 e. The molecule has 20 heteroatoms. The second-order valence-corrected chi connectivity index (χ2v) is 3.74. The van der Waals surface area contributed by atoms with Crippen LogP contribution in [0.5, 0.6) is 0 Å². The van der Waals surface area contributed by atoms with E-state index in [1.54, 1.807) is 0 Å². The molecule has 184 valence electrons. The van der Waals surface area contributed by atoms with E-state index in [9.17, 15) is 72.5 Å². The zero-order valence-electron chi connectivity index (χ0n) is 13.1. The van der Waals surface area contributed by atoms with Crippen LogP contribution in [0.15, 0.2) is 23.7 Å². The molecule has 0 aromatic carbocycles. The molecule has 0 aromatic rings. The van der Waals surface area contributed by atoms with Crippen molar-refractivity contribution < 1.29 is 105 Å². The van der Waals surface area contributed by atoms with Gasteiger partial charge >= 0.3 is 41.2 Å². The fraction of sp³-hybridized carbons (Fsp3) is 0.400. The van der Waals surface area contributed by atoms with Crippen molar-refractivity contribution in [1.82, 2.24) is 0 Å². The van der Waals surface area contributed by atoms with Gasteiger partial charge in [-0.3, -0.25) is 9.59 Å². The Kier molecular flexibility index (Phi) is 19.7. The molecule has 0 amide bonds. The summed E-state index contributed by atoms with van der Waals surface area (Å²) < 4.78 is 136. The minimum Gasteiger partial charge on any atom is -0.869 e. The molecule has 0 saturated heterocycles. The summed E-state index contributed by atoms with van der Waals surface area (Å²) in [6.07, 6.45) is -23.9. The zero-order chi connectivity index (χ0) is 21.7. The summed E-state index contributed by atoms with van der Waals surface area (Å²) in [5.74, 6) is -11.3. The van der Waals surface area contributed by atoms with Gasteiger partial charge < -0.3 is 26.6 Å². The zero-order valence-corrected chi connectivity index (χ0v) is 14.1. The van der Waals surface area contributed by atoms with Crippen LogP contribution in [0.2, 0.25) is 0 Å². The smallest absolute Gasteiger partial charge is 0.869 e. The molecule has 30 heavy (non-hydrogen) atoms. The summed E-state index contributed by atoms with van der Waals surface area (Å²) >= 11 is 0. The molecule has 0 fully saturated rings. The Morgan fingerprint density at radius 3 is 0.767 bits per heavy atom. The molecule has 0 radical (unpaired) electrons. The minimum absolute atomic E-state index is 0. The molecule has 0 aliphatic rings. The molecule has 0 aliphatic carbocycles. The number of halogens is 12. The van der Waals surface area contributed by atoms with Crippen molar-refractivity contribution in [3.05, 3.63) is 23.7 Å². The SMILES string of the molecule is O.O.O.O=C(/C=C(\[O-])C(F)(F)F)C(F)(F)F.O=C(/C=C(\[O-])C(F)(F)F)C(F)(F)F.[Ni+2]. The van der Waals surface area contributed by atoms with Crippen LogP contribution in [0.25, 0.3) is 0 Å². The number of allylic oxidation sites excluding steroid dienone is 4. The van der Waals surface area contributed by atoms with Crippen LogP contribution in [0.3, 0.4) is 0 Å². The van der Waals surface area contributed by atoms with E-state index in [0.717, 1.165) is 0 Å². The van der Waals surface area contributed by atoms with Crippen LogP contribution in [0, 0.1) is 0 Å². The Labute approximate surface area is 166 Å². The van der Waals surface area contributed by atoms with Gasteiger partial charge in [-0.05, 0) is 23.7 Å². The van der Waals surface area contributed by atoms with Crippen LogP contribution in [0.4, 0.5) is 52.7 Å². The molecule has 0 rings (SSSR count). The molecular weight excluding hydrogens is 519 g/mol. The fourth-order valence-electron chi connectivity index (χ4n) is 0.565. The second-order valence-electron chi connectivity index (χ2n) is 3.74. The normalized spacial score (nSPS) is 12.5. The van der Waals surface area contributed by atoms with Crippen molar-refractivity contribution in [3.8, 4) is 0 Å². The maximum atomic E-state index is 11.3. The summed E-state index contributed by atoms with van der Waals surface area (Å²) in [6.45, 7) is 0. The first kappa shape index (κ1) is 42.1. The second kappa shape index (κ2) is 14.0. The van der Waals surface area contributed by atoms with Crippen LogP contribution >= 0.6 is 0 Å². The molecular formula is C10H8F12NiO7. The molecule has 7 nitrogen and oxygen atoms in total. The van der Waals surface area contributed by atoms with Crippen LogP contribution in [-0.2, 0) is 26.1 Å². The van der Waals surface area contributed by atoms with Gasteiger partial charge in [-0.1, -0.05) is 0 Å². The van der Waals surface area contributed by atoms with Gasteiger partial charge in [0.15, 0.2) is 0 Å². The van der Waals surface area contributed by atoms with E-state index in [-0.39, 0.29) is 32.9 Å². The summed E-state index contributed by atoms with van der Waals surface area (Å²) in [5.41, 5.74) is 0. The van der Waals surface area contributed by atoms with Gasteiger partial charge in [0.25, 0.3) is 11.6 Å². The van der Waals surface area contributed by atoms with E-state index in [1.807, 2.05) is 0 Å². The largest absolute Gasteiger partial charge is 2.00 e. The van der Waals surface area contributed by atoms with E-state index in [4.69, 9.17) is 0 Å². The molecule has 0 unspecified atom stereocenters. The van der Waals surface area contributed by atoms with Crippen molar-refractivity contribution in [2.75, 3.05) is 0 Å². The maximum absolute atomic E-state index is 11.3.